The predicted octanol–water partition coefficient (Wildman–Crippen LogP) is 3.25. The fraction of sp³-hybridized carbons (Fsp3) is 0.706. The lowest BCUT2D eigenvalue weighted by atomic mass is 10.1. The first kappa shape index (κ1) is 14.0. The smallest absolute Gasteiger partial charge is 0.0734 e. The van der Waals surface area contributed by atoms with E-state index in [0.29, 0.717) is 12.2 Å². The summed E-state index contributed by atoms with van der Waals surface area (Å²) in [5, 5.41) is 0. The Labute approximate surface area is 122 Å². The highest BCUT2D eigenvalue weighted by molar-refractivity contribution is 5.04. The quantitative estimate of drug-likeness (QED) is 0.796. The minimum atomic E-state index is 0.429. The average molecular weight is 274 g/mol. The van der Waals surface area contributed by atoms with Crippen LogP contribution in [0.3, 0.4) is 0 Å². The van der Waals surface area contributed by atoms with Crippen LogP contribution in [0.15, 0.2) is 24.4 Å². The van der Waals surface area contributed by atoms with Crippen LogP contribution < -0.4 is 0 Å². The number of rotatable bonds is 6. The lowest BCUT2D eigenvalue weighted by molar-refractivity contribution is -0.0995. The van der Waals surface area contributed by atoms with E-state index in [1.165, 1.54) is 37.8 Å². The van der Waals surface area contributed by atoms with Gasteiger partial charge >= 0.3 is 0 Å². The summed E-state index contributed by atoms with van der Waals surface area (Å²) in [5.41, 5.74) is 1.18. The van der Waals surface area contributed by atoms with Gasteiger partial charge < -0.3 is 4.74 Å². The maximum atomic E-state index is 6.32. The first-order chi connectivity index (χ1) is 9.85. The Morgan fingerprint density at radius 1 is 1.30 bits per heavy atom. The summed E-state index contributed by atoms with van der Waals surface area (Å²) in [4.78, 5) is 7.01. The van der Waals surface area contributed by atoms with Crippen molar-refractivity contribution in [1.29, 1.82) is 0 Å². The van der Waals surface area contributed by atoms with E-state index >= 15 is 0 Å². The molecule has 110 valence electrons. The third kappa shape index (κ3) is 3.80. The standard InChI is InChI=1S/C17H26N2O/c1-2-3-7-16-12-19(11-15-6-4-5-10-18-15)13-17(20-16)14-8-9-14/h4-6,10,14,16-17H,2-3,7-9,11-13H2,1H3/t16-,17-/m1/s1. The van der Waals surface area contributed by atoms with Crippen LogP contribution >= 0.6 is 0 Å². The maximum Gasteiger partial charge on any atom is 0.0734 e. The molecule has 2 fully saturated rings. The molecule has 0 N–H and O–H groups in total. The molecular formula is C17H26N2O. The van der Waals surface area contributed by atoms with Crippen molar-refractivity contribution in [2.75, 3.05) is 13.1 Å². The lowest BCUT2D eigenvalue weighted by Gasteiger charge is -2.38. The summed E-state index contributed by atoms with van der Waals surface area (Å²) in [6.07, 6.45) is 9.26. The van der Waals surface area contributed by atoms with Gasteiger partial charge in [0, 0.05) is 25.8 Å². The van der Waals surface area contributed by atoms with E-state index in [4.69, 9.17) is 4.74 Å². The van der Waals surface area contributed by atoms with E-state index in [9.17, 15) is 0 Å². The molecule has 20 heavy (non-hydrogen) atoms. The number of pyridine rings is 1. The second-order valence-corrected chi connectivity index (χ2v) is 6.29. The Kier molecular flexibility index (Phi) is 4.69. The Balaban J connectivity index is 1.60. The minimum absolute atomic E-state index is 0.429. The van der Waals surface area contributed by atoms with E-state index in [1.54, 1.807) is 0 Å². The van der Waals surface area contributed by atoms with Crippen molar-refractivity contribution in [3.05, 3.63) is 30.1 Å². The highest BCUT2D eigenvalue weighted by atomic mass is 16.5. The number of morpholine rings is 1. The largest absolute Gasteiger partial charge is 0.372 e. The molecule has 2 atom stereocenters. The van der Waals surface area contributed by atoms with Gasteiger partial charge in [-0.1, -0.05) is 25.8 Å². The lowest BCUT2D eigenvalue weighted by Crippen LogP contribution is -2.48. The molecule has 0 aromatic carbocycles. The van der Waals surface area contributed by atoms with Gasteiger partial charge in [0.25, 0.3) is 0 Å². The molecule has 1 saturated heterocycles. The molecule has 1 aromatic heterocycles. The van der Waals surface area contributed by atoms with Gasteiger partial charge in [0.2, 0.25) is 0 Å². The average Bonchev–Trinajstić information content (AvgIpc) is 3.31. The van der Waals surface area contributed by atoms with Crippen LogP contribution in [0.25, 0.3) is 0 Å². The summed E-state index contributed by atoms with van der Waals surface area (Å²) in [6.45, 7) is 5.38. The van der Waals surface area contributed by atoms with E-state index in [-0.39, 0.29) is 0 Å². The van der Waals surface area contributed by atoms with Crippen molar-refractivity contribution in [2.24, 2.45) is 5.92 Å². The Morgan fingerprint density at radius 3 is 2.90 bits per heavy atom. The van der Waals surface area contributed by atoms with Crippen LogP contribution in [0.2, 0.25) is 0 Å². The Bertz CT molecular complexity index is 405. The van der Waals surface area contributed by atoms with Crippen molar-refractivity contribution in [3.63, 3.8) is 0 Å². The van der Waals surface area contributed by atoms with Crippen molar-refractivity contribution < 1.29 is 4.74 Å². The number of unbranched alkanes of at least 4 members (excludes halogenated alkanes) is 1. The van der Waals surface area contributed by atoms with Gasteiger partial charge in [-0.15, -0.1) is 0 Å². The number of hydrogen-bond donors (Lipinski definition) is 0. The van der Waals surface area contributed by atoms with E-state index < -0.39 is 0 Å². The van der Waals surface area contributed by atoms with Crippen LogP contribution in [0.1, 0.15) is 44.7 Å². The molecule has 3 rings (SSSR count). The zero-order valence-corrected chi connectivity index (χ0v) is 12.5. The summed E-state index contributed by atoms with van der Waals surface area (Å²) in [6, 6.07) is 6.19. The molecule has 0 amide bonds. The highest BCUT2D eigenvalue weighted by Gasteiger charge is 2.38. The van der Waals surface area contributed by atoms with Crippen molar-refractivity contribution >= 4 is 0 Å². The molecule has 3 nitrogen and oxygen atoms in total. The van der Waals surface area contributed by atoms with Crippen molar-refractivity contribution in [3.8, 4) is 0 Å². The van der Waals surface area contributed by atoms with Gasteiger partial charge in [0.15, 0.2) is 0 Å². The molecule has 0 spiro atoms. The highest BCUT2D eigenvalue weighted by Crippen LogP contribution is 2.37. The zero-order valence-electron chi connectivity index (χ0n) is 12.5. The first-order valence-corrected chi connectivity index (χ1v) is 8.13. The molecule has 2 heterocycles. The molecule has 1 aliphatic heterocycles. The van der Waals surface area contributed by atoms with Gasteiger partial charge in [0.1, 0.15) is 0 Å². The fourth-order valence-corrected chi connectivity index (χ4v) is 3.12. The van der Waals surface area contributed by atoms with Crippen LogP contribution in [0.5, 0.6) is 0 Å². The third-order valence-corrected chi connectivity index (χ3v) is 4.41. The molecule has 0 radical (unpaired) electrons. The normalized spacial score (nSPS) is 27.6. The number of aromatic nitrogens is 1. The van der Waals surface area contributed by atoms with Crippen LogP contribution in [-0.2, 0) is 11.3 Å². The molecule has 3 heteroatoms. The van der Waals surface area contributed by atoms with Gasteiger partial charge in [-0.2, -0.15) is 0 Å². The molecule has 1 saturated carbocycles. The topological polar surface area (TPSA) is 25.4 Å². The second kappa shape index (κ2) is 6.68. The Morgan fingerprint density at radius 2 is 2.20 bits per heavy atom. The van der Waals surface area contributed by atoms with Crippen LogP contribution in [0, 0.1) is 5.92 Å². The fourth-order valence-electron chi connectivity index (χ4n) is 3.12. The SMILES string of the molecule is CCCC[C@@H]1CN(Cc2ccccn2)C[C@H](C2CC2)O1. The molecule has 2 aliphatic rings. The number of ether oxygens (including phenoxy) is 1. The molecule has 0 bridgehead atoms. The molecule has 1 aromatic rings. The van der Waals surface area contributed by atoms with Crippen LogP contribution in [-0.4, -0.2) is 35.2 Å². The van der Waals surface area contributed by atoms with Gasteiger partial charge in [-0.3, -0.25) is 9.88 Å². The summed E-state index contributed by atoms with van der Waals surface area (Å²) < 4.78 is 6.32. The number of nitrogens with zero attached hydrogens (tertiary/aromatic N) is 2. The molecule has 1 aliphatic carbocycles. The minimum Gasteiger partial charge on any atom is -0.372 e. The summed E-state index contributed by atoms with van der Waals surface area (Å²) in [7, 11) is 0. The maximum absolute atomic E-state index is 6.32. The first-order valence-electron chi connectivity index (χ1n) is 8.13. The molecule has 0 unspecified atom stereocenters. The van der Waals surface area contributed by atoms with Crippen molar-refractivity contribution in [2.45, 2.75) is 57.8 Å². The molecular weight excluding hydrogens is 248 g/mol. The monoisotopic (exact) mass is 274 g/mol. The van der Waals surface area contributed by atoms with E-state index in [1.807, 2.05) is 12.3 Å². The van der Waals surface area contributed by atoms with Gasteiger partial charge in [-0.25, -0.2) is 0 Å². The van der Waals surface area contributed by atoms with Gasteiger partial charge in [-0.05, 0) is 37.3 Å². The van der Waals surface area contributed by atoms with Crippen molar-refractivity contribution in [1.82, 2.24) is 9.88 Å². The van der Waals surface area contributed by atoms with E-state index in [0.717, 1.165) is 25.6 Å². The summed E-state index contributed by atoms with van der Waals surface area (Å²) >= 11 is 0. The second-order valence-electron chi connectivity index (χ2n) is 6.29. The zero-order chi connectivity index (χ0) is 13.8. The van der Waals surface area contributed by atoms with Gasteiger partial charge in [0.05, 0.1) is 17.9 Å². The Hall–Kier alpha value is -0.930. The summed E-state index contributed by atoms with van der Waals surface area (Å²) in [5.74, 6) is 0.825. The number of hydrogen-bond acceptors (Lipinski definition) is 3. The van der Waals surface area contributed by atoms with E-state index in [2.05, 4.69) is 28.9 Å². The predicted molar refractivity (Wildman–Crippen MR) is 80.4 cm³/mol. The van der Waals surface area contributed by atoms with Crippen LogP contribution in [0.4, 0.5) is 0 Å². The third-order valence-electron chi connectivity index (χ3n) is 4.41.